The Hall–Kier alpha value is -1.68. The van der Waals surface area contributed by atoms with Crippen LogP contribution in [0, 0.1) is 6.92 Å². The molecule has 100 valence electrons. The first-order valence-electron chi connectivity index (χ1n) is 6.88. The van der Waals surface area contributed by atoms with Crippen LogP contribution in [0.15, 0.2) is 24.3 Å². The van der Waals surface area contributed by atoms with E-state index in [1.165, 1.54) is 0 Å². The zero-order valence-electron chi connectivity index (χ0n) is 11.7. The molecule has 1 aliphatic heterocycles. The molecule has 2 heterocycles. The fourth-order valence-corrected chi connectivity index (χ4v) is 2.91. The molecule has 1 N–H and O–H groups in total. The molecule has 4 heteroatoms. The molecule has 2 unspecified atom stereocenters. The molecule has 1 aromatic heterocycles. The minimum atomic E-state index is 0.484. The maximum Gasteiger partial charge on any atom is 0.140 e. The Morgan fingerprint density at radius 1 is 1.11 bits per heavy atom. The first kappa shape index (κ1) is 12.4. The molecule has 0 amide bonds. The van der Waals surface area contributed by atoms with Crippen LogP contribution in [0.5, 0.6) is 0 Å². The summed E-state index contributed by atoms with van der Waals surface area (Å²) in [6.07, 6.45) is 0. The number of piperazine rings is 1. The Balaban J connectivity index is 2.08. The van der Waals surface area contributed by atoms with Crippen molar-refractivity contribution in [2.45, 2.75) is 32.9 Å². The number of hydrogen-bond donors (Lipinski definition) is 1. The highest BCUT2D eigenvalue weighted by Crippen LogP contribution is 2.25. The highest BCUT2D eigenvalue weighted by Gasteiger charge is 2.23. The Kier molecular flexibility index (Phi) is 3.11. The van der Waals surface area contributed by atoms with E-state index in [1.54, 1.807) is 0 Å². The molecule has 1 fully saturated rings. The summed E-state index contributed by atoms with van der Waals surface area (Å²) >= 11 is 0. The summed E-state index contributed by atoms with van der Waals surface area (Å²) < 4.78 is 0. The number of anilines is 1. The van der Waals surface area contributed by atoms with Gasteiger partial charge >= 0.3 is 0 Å². The van der Waals surface area contributed by atoms with Gasteiger partial charge in [-0.2, -0.15) is 0 Å². The topological polar surface area (TPSA) is 41.1 Å². The summed E-state index contributed by atoms with van der Waals surface area (Å²) in [5.74, 6) is 1.91. The number of hydrogen-bond acceptors (Lipinski definition) is 4. The Morgan fingerprint density at radius 2 is 1.79 bits per heavy atom. The molecule has 0 radical (unpaired) electrons. The molecule has 0 bridgehead atoms. The quantitative estimate of drug-likeness (QED) is 0.848. The van der Waals surface area contributed by atoms with Crippen molar-refractivity contribution in [1.29, 1.82) is 0 Å². The standard InChI is InChI=1S/C15H20N4/c1-10-8-19(9-11(2)16-10)15-13-6-4-5-7-14(13)17-12(3)18-15/h4-7,10-11,16H,8-9H2,1-3H3. The second-order valence-electron chi connectivity index (χ2n) is 5.49. The van der Waals surface area contributed by atoms with Crippen LogP contribution in [-0.2, 0) is 0 Å². The van der Waals surface area contributed by atoms with Crippen LogP contribution in [0.25, 0.3) is 10.9 Å². The van der Waals surface area contributed by atoms with Gasteiger partial charge in [0.15, 0.2) is 0 Å². The van der Waals surface area contributed by atoms with E-state index in [0.29, 0.717) is 12.1 Å². The molecule has 4 nitrogen and oxygen atoms in total. The maximum atomic E-state index is 4.68. The summed E-state index contributed by atoms with van der Waals surface area (Å²) in [4.78, 5) is 11.6. The van der Waals surface area contributed by atoms with Crippen molar-refractivity contribution >= 4 is 16.7 Å². The van der Waals surface area contributed by atoms with E-state index in [2.05, 4.69) is 52.2 Å². The first-order valence-corrected chi connectivity index (χ1v) is 6.88. The summed E-state index contributed by atoms with van der Waals surface area (Å²) in [5, 5.41) is 4.70. The number of nitrogens with one attached hydrogen (secondary N) is 1. The molecule has 0 spiro atoms. The Bertz CT molecular complexity index is 586. The third-order valence-electron chi connectivity index (χ3n) is 3.55. The lowest BCUT2D eigenvalue weighted by atomic mass is 10.1. The van der Waals surface area contributed by atoms with Gasteiger partial charge in [0.1, 0.15) is 11.6 Å². The molecule has 1 aliphatic rings. The second kappa shape index (κ2) is 4.78. The van der Waals surface area contributed by atoms with Crippen molar-refractivity contribution in [3.63, 3.8) is 0 Å². The van der Waals surface area contributed by atoms with E-state index in [0.717, 1.165) is 35.6 Å². The van der Waals surface area contributed by atoms with Crippen LogP contribution >= 0.6 is 0 Å². The van der Waals surface area contributed by atoms with E-state index < -0.39 is 0 Å². The van der Waals surface area contributed by atoms with Gasteiger partial charge in [-0.25, -0.2) is 9.97 Å². The number of aryl methyl sites for hydroxylation is 1. The zero-order chi connectivity index (χ0) is 13.4. The minimum absolute atomic E-state index is 0.484. The van der Waals surface area contributed by atoms with Gasteiger partial charge in [-0.1, -0.05) is 12.1 Å². The van der Waals surface area contributed by atoms with E-state index in [-0.39, 0.29) is 0 Å². The monoisotopic (exact) mass is 256 g/mol. The molecule has 0 aliphatic carbocycles. The lowest BCUT2D eigenvalue weighted by Gasteiger charge is -2.37. The third kappa shape index (κ3) is 2.40. The highest BCUT2D eigenvalue weighted by atomic mass is 15.3. The summed E-state index contributed by atoms with van der Waals surface area (Å²) in [6, 6.07) is 9.22. The zero-order valence-corrected chi connectivity index (χ0v) is 11.7. The molecule has 1 saturated heterocycles. The van der Waals surface area contributed by atoms with Gasteiger partial charge in [0.2, 0.25) is 0 Å². The number of rotatable bonds is 1. The average Bonchev–Trinajstić information content (AvgIpc) is 2.36. The molecule has 19 heavy (non-hydrogen) atoms. The van der Waals surface area contributed by atoms with Crippen molar-refractivity contribution in [2.24, 2.45) is 0 Å². The van der Waals surface area contributed by atoms with Gasteiger partial charge in [0.25, 0.3) is 0 Å². The van der Waals surface area contributed by atoms with E-state index in [1.807, 2.05) is 13.0 Å². The van der Waals surface area contributed by atoms with E-state index in [9.17, 15) is 0 Å². The molecule has 1 aromatic carbocycles. The smallest absolute Gasteiger partial charge is 0.140 e. The number of aromatic nitrogens is 2. The van der Waals surface area contributed by atoms with Crippen LogP contribution in [-0.4, -0.2) is 35.1 Å². The fraction of sp³-hybridized carbons (Fsp3) is 0.467. The summed E-state index contributed by atoms with van der Waals surface area (Å²) in [7, 11) is 0. The fourth-order valence-electron chi connectivity index (χ4n) is 2.91. The highest BCUT2D eigenvalue weighted by molar-refractivity contribution is 5.89. The molecule has 0 saturated carbocycles. The normalized spacial score (nSPS) is 23.8. The Labute approximate surface area is 113 Å². The van der Waals surface area contributed by atoms with Gasteiger partial charge in [0.05, 0.1) is 5.52 Å². The predicted octanol–water partition coefficient (Wildman–Crippen LogP) is 2.12. The van der Waals surface area contributed by atoms with Gasteiger partial charge in [-0.3, -0.25) is 0 Å². The number of benzene rings is 1. The lowest BCUT2D eigenvalue weighted by molar-refractivity contribution is 0.405. The second-order valence-corrected chi connectivity index (χ2v) is 5.49. The molecule has 3 rings (SSSR count). The number of para-hydroxylation sites is 1. The average molecular weight is 256 g/mol. The minimum Gasteiger partial charge on any atom is -0.353 e. The number of fused-ring (bicyclic) bond motifs is 1. The van der Waals surface area contributed by atoms with E-state index in [4.69, 9.17) is 0 Å². The van der Waals surface area contributed by atoms with Crippen LogP contribution in [0.3, 0.4) is 0 Å². The van der Waals surface area contributed by atoms with Crippen LogP contribution < -0.4 is 10.2 Å². The van der Waals surface area contributed by atoms with Crippen molar-refractivity contribution in [1.82, 2.24) is 15.3 Å². The van der Waals surface area contributed by atoms with Gasteiger partial charge in [-0.05, 0) is 32.9 Å². The summed E-state index contributed by atoms with van der Waals surface area (Å²) in [5.41, 5.74) is 1.03. The molecule has 2 aromatic rings. The lowest BCUT2D eigenvalue weighted by Crippen LogP contribution is -2.54. The summed E-state index contributed by atoms with van der Waals surface area (Å²) in [6.45, 7) is 8.39. The maximum absolute atomic E-state index is 4.68. The predicted molar refractivity (Wildman–Crippen MR) is 78.5 cm³/mol. The van der Waals surface area contributed by atoms with Gasteiger partial charge in [-0.15, -0.1) is 0 Å². The van der Waals surface area contributed by atoms with Gasteiger partial charge < -0.3 is 10.2 Å². The van der Waals surface area contributed by atoms with Crippen molar-refractivity contribution in [3.8, 4) is 0 Å². The van der Waals surface area contributed by atoms with Crippen LogP contribution in [0.2, 0.25) is 0 Å². The van der Waals surface area contributed by atoms with Crippen molar-refractivity contribution in [2.75, 3.05) is 18.0 Å². The molecular formula is C15H20N4. The van der Waals surface area contributed by atoms with Crippen molar-refractivity contribution < 1.29 is 0 Å². The Morgan fingerprint density at radius 3 is 2.53 bits per heavy atom. The largest absolute Gasteiger partial charge is 0.353 e. The molecular weight excluding hydrogens is 236 g/mol. The van der Waals surface area contributed by atoms with Crippen LogP contribution in [0.4, 0.5) is 5.82 Å². The first-order chi connectivity index (χ1) is 9.13. The van der Waals surface area contributed by atoms with Crippen LogP contribution in [0.1, 0.15) is 19.7 Å². The molecule has 2 atom stereocenters. The number of nitrogens with zero attached hydrogens (tertiary/aromatic N) is 3. The third-order valence-corrected chi connectivity index (χ3v) is 3.55. The van der Waals surface area contributed by atoms with E-state index >= 15 is 0 Å². The van der Waals surface area contributed by atoms with Gasteiger partial charge in [0, 0.05) is 30.6 Å². The van der Waals surface area contributed by atoms with Crippen molar-refractivity contribution in [3.05, 3.63) is 30.1 Å². The SMILES string of the molecule is Cc1nc(N2CC(C)NC(C)C2)c2ccccc2n1.